The predicted octanol–water partition coefficient (Wildman–Crippen LogP) is 3.03. The minimum Gasteiger partial charge on any atom is -0.357 e. The van der Waals surface area contributed by atoms with Gasteiger partial charge in [0.2, 0.25) is 0 Å². The highest BCUT2D eigenvalue weighted by atomic mass is 32.2. The van der Waals surface area contributed by atoms with Gasteiger partial charge in [-0.15, -0.1) is 0 Å². The molecular formula is C21H24N4O4S. The van der Waals surface area contributed by atoms with Crippen molar-refractivity contribution in [3.63, 3.8) is 0 Å². The molecule has 3 rings (SSSR count). The van der Waals surface area contributed by atoms with Crippen LogP contribution in [0.2, 0.25) is 0 Å². The average molecular weight is 429 g/mol. The first-order chi connectivity index (χ1) is 14.3. The summed E-state index contributed by atoms with van der Waals surface area (Å²) in [6.07, 6.45) is 0. The number of hydrogen-bond donors (Lipinski definition) is 2. The molecule has 158 valence electrons. The molecule has 0 unspecified atom stereocenters. The number of benzene rings is 2. The number of aromatic nitrogens is 1. The van der Waals surface area contributed by atoms with Crippen LogP contribution in [0.4, 0.5) is 11.5 Å². The fraction of sp³-hybridized carbons (Fsp3) is 0.238. The van der Waals surface area contributed by atoms with E-state index < -0.39 is 15.9 Å². The van der Waals surface area contributed by atoms with E-state index in [1.165, 1.54) is 31.3 Å². The molecule has 0 spiro atoms. The van der Waals surface area contributed by atoms with Gasteiger partial charge in [-0.3, -0.25) is 14.3 Å². The van der Waals surface area contributed by atoms with E-state index in [9.17, 15) is 13.2 Å². The Bertz CT molecular complexity index is 1160. The van der Waals surface area contributed by atoms with E-state index >= 15 is 0 Å². The summed E-state index contributed by atoms with van der Waals surface area (Å²) in [4.78, 5) is 18.3. The lowest BCUT2D eigenvalue weighted by Gasteiger charge is -2.21. The number of hydrogen-bond acceptors (Lipinski definition) is 6. The number of hydroxylamine groups is 1. The fourth-order valence-corrected chi connectivity index (χ4v) is 4.39. The van der Waals surface area contributed by atoms with Crippen molar-refractivity contribution in [2.75, 3.05) is 29.3 Å². The van der Waals surface area contributed by atoms with Gasteiger partial charge in [0.1, 0.15) is 5.82 Å². The van der Waals surface area contributed by atoms with Gasteiger partial charge >= 0.3 is 0 Å². The number of nitrogens with zero attached hydrogens (tertiary/aromatic N) is 3. The zero-order chi connectivity index (χ0) is 21.9. The van der Waals surface area contributed by atoms with E-state index in [1.807, 2.05) is 12.1 Å². The monoisotopic (exact) mass is 428 g/mol. The van der Waals surface area contributed by atoms with E-state index in [4.69, 9.17) is 5.21 Å². The van der Waals surface area contributed by atoms with Crippen LogP contribution < -0.4 is 14.7 Å². The summed E-state index contributed by atoms with van der Waals surface area (Å²) in [7, 11) is -2.37. The summed E-state index contributed by atoms with van der Waals surface area (Å²) in [5, 5.41) is 9.42. The number of nitrogens with one attached hydrogen (secondary N) is 1. The Morgan fingerprint density at radius 3 is 2.30 bits per heavy atom. The molecule has 0 atom stereocenters. The highest BCUT2D eigenvalue weighted by Gasteiger charge is 2.22. The maximum absolute atomic E-state index is 13.1. The lowest BCUT2D eigenvalue weighted by Crippen LogP contribution is -2.26. The van der Waals surface area contributed by atoms with Gasteiger partial charge in [-0.05, 0) is 68.4 Å². The number of pyridine rings is 1. The Hall–Kier alpha value is -3.17. The minimum absolute atomic E-state index is 0.145. The van der Waals surface area contributed by atoms with Crippen LogP contribution in [0.3, 0.4) is 0 Å². The Kier molecular flexibility index (Phi) is 6.23. The summed E-state index contributed by atoms with van der Waals surface area (Å²) in [5.41, 5.74) is 2.87. The lowest BCUT2D eigenvalue weighted by atomic mass is 10.2. The van der Waals surface area contributed by atoms with Gasteiger partial charge < -0.3 is 4.90 Å². The highest BCUT2D eigenvalue weighted by Crippen LogP contribution is 2.26. The Morgan fingerprint density at radius 2 is 1.70 bits per heavy atom. The summed E-state index contributed by atoms with van der Waals surface area (Å²) >= 11 is 0. The largest absolute Gasteiger partial charge is 0.357 e. The van der Waals surface area contributed by atoms with E-state index in [-0.39, 0.29) is 10.5 Å². The molecule has 0 aliphatic rings. The lowest BCUT2D eigenvalue weighted by molar-refractivity contribution is 0.0706. The van der Waals surface area contributed by atoms with Crippen molar-refractivity contribution in [3.8, 4) is 0 Å². The molecule has 0 aliphatic heterocycles. The van der Waals surface area contributed by atoms with Crippen LogP contribution in [0.25, 0.3) is 10.9 Å². The third-order valence-corrected chi connectivity index (χ3v) is 6.77. The number of fused-ring (bicyclic) bond motifs is 1. The summed E-state index contributed by atoms with van der Waals surface area (Å²) < 4.78 is 27.3. The number of rotatable bonds is 7. The Labute approximate surface area is 175 Å². The van der Waals surface area contributed by atoms with Gasteiger partial charge in [0, 0.05) is 31.1 Å². The van der Waals surface area contributed by atoms with Crippen LogP contribution in [-0.2, 0) is 10.0 Å². The second-order valence-corrected chi connectivity index (χ2v) is 8.63. The Morgan fingerprint density at radius 1 is 1.03 bits per heavy atom. The highest BCUT2D eigenvalue weighted by molar-refractivity contribution is 7.92. The van der Waals surface area contributed by atoms with Crippen molar-refractivity contribution in [1.29, 1.82) is 0 Å². The third kappa shape index (κ3) is 4.07. The smallest absolute Gasteiger partial charge is 0.274 e. The van der Waals surface area contributed by atoms with Crippen LogP contribution in [0, 0.1) is 0 Å². The molecule has 0 fully saturated rings. The molecule has 30 heavy (non-hydrogen) atoms. The molecule has 2 N–H and O–H groups in total. The average Bonchev–Trinajstić information content (AvgIpc) is 2.78. The molecule has 1 aromatic heterocycles. The molecule has 9 heteroatoms. The van der Waals surface area contributed by atoms with E-state index in [1.54, 1.807) is 23.7 Å². The molecule has 3 aromatic rings. The van der Waals surface area contributed by atoms with Gasteiger partial charge in [0.05, 0.1) is 16.1 Å². The third-order valence-electron chi connectivity index (χ3n) is 4.99. The topological polar surface area (TPSA) is 103 Å². The zero-order valence-corrected chi connectivity index (χ0v) is 17.8. The van der Waals surface area contributed by atoms with Gasteiger partial charge in [0.15, 0.2) is 0 Å². The molecule has 0 aliphatic carbocycles. The van der Waals surface area contributed by atoms with Crippen molar-refractivity contribution in [2.24, 2.45) is 0 Å². The number of carbonyl (C=O) groups excluding carboxylic acids is 1. The predicted molar refractivity (Wildman–Crippen MR) is 117 cm³/mol. The summed E-state index contributed by atoms with van der Waals surface area (Å²) in [6, 6.07) is 14.5. The Balaban J connectivity index is 1.93. The van der Waals surface area contributed by atoms with Crippen molar-refractivity contribution in [3.05, 3.63) is 60.2 Å². The molecule has 8 nitrogen and oxygen atoms in total. The maximum Gasteiger partial charge on any atom is 0.274 e. The first-order valence-corrected chi connectivity index (χ1v) is 10.9. The van der Waals surface area contributed by atoms with Crippen LogP contribution in [-0.4, -0.2) is 44.7 Å². The minimum atomic E-state index is -3.81. The van der Waals surface area contributed by atoms with E-state index in [0.29, 0.717) is 5.69 Å². The molecule has 0 saturated heterocycles. The quantitative estimate of drug-likeness (QED) is 0.443. The molecule has 0 saturated carbocycles. The zero-order valence-electron chi connectivity index (χ0n) is 17.0. The molecule has 1 amide bonds. The van der Waals surface area contributed by atoms with Crippen LogP contribution in [0.15, 0.2) is 59.5 Å². The normalized spacial score (nSPS) is 11.3. The van der Waals surface area contributed by atoms with Gasteiger partial charge in [-0.2, -0.15) is 0 Å². The fourth-order valence-electron chi connectivity index (χ4n) is 3.16. The SMILES string of the molecule is CCN(CC)c1ccc2cc(S(=O)(=O)N(C)c3ccc(C(=O)NO)cc3)ccc2n1. The second-order valence-electron chi connectivity index (χ2n) is 6.66. The molecule has 2 aromatic carbocycles. The van der Waals surface area contributed by atoms with Gasteiger partial charge in [-0.25, -0.2) is 18.9 Å². The summed E-state index contributed by atoms with van der Waals surface area (Å²) in [5.74, 6) is 0.186. The van der Waals surface area contributed by atoms with Crippen molar-refractivity contribution >= 4 is 38.3 Å². The molecular weight excluding hydrogens is 404 g/mol. The van der Waals surface area contributed by atoms with Crippen LogP contribution >= 0.6 is 0 Å². The van der Waals surface area contributed by atoms with E-state index in [2.05, 4.69) is 23.7 Å². The summed E-state index contributed by atoms with van der Waals surface area (Å²) in [6.45, 7) is 5.79. The first kappa shape index (κ1) is 21.5. The maximum atomic E-state index is 13.1. The van der Waals surface area contributed by atoms with Crippen LogP contribution in [0.5, 0.6) is 0 Å². The molecule has 0 bridgehead atoms. The number of sulfonamides is 1. The van der Waals surface area contributed by atoms with Gasteiger partial charge in [-0.1, -0.05) is 0 Å². The first-order valence-electron chi connectivity index (χ1n) is 9.51. The van der Waals surface area contributed by atoms with Crippen LogP contribution in [0.1, 0.15) is 24.2 Å². The standard InChI is InChI=1S/C21H24N4O4S/c1-4-25(5-2)20-13-8-16-14-18(11-12-19(16)22-20)30(28,29)24(3)17-9-6-15(7-10-17)21(26)23-27/h6-14,27H,4-5H2,1-3H3,(H,23,26). The second kappa shape index (κ2) is 8.68. The number of carbonyl (C=O) groups is 1. The van der Waals surface area contributed by atoms with Crippen molar-refractivity contribution < 1.29 is 18.4 Å². The van der Waals surface area contributed by atoms with Crippen molar-refractivity contribution in [2.45, 2.75) is 18.7 Å². The van der Waals surface area contributed by atoms with E-state index in [0.717, 1.165) is 34.1 Å². The van der Waals surface area contributed by atoms with Gasteiger partial charge in [0.25, 0.3) is 15.9 Å². The number of amides is 1. The number of anilines is 2. The van der Waals surface area contributed by atoms with Crippen molar-refractivity contribution in [1.82, 2.24) is 10.5 Å². The molecule has 0 radical (unpaired) electrons. The molecule has 1 heterocycles.